The summed E-state index contributed by atoms with van der Waals surface area (Å²) in [6.07, 6.45) is 1.75. The van der Waals surface area contributed by atoms with Crippen molar-refractivity contribution in [3.05, 3.63) is 35.4 Å². The van der Waals surface area contributed by atoms with E-state index in [4.69, 9.17) is 5.11 Å². The van der Waals surface area contributed by atoms with Gasteiger partial charge in [0.1, 0.15) is 0 Å². The molecule has 2 nitrogen and oxygen atoms in total. The van der Waals surface area contributed by atoms with E-state index < -0.39 is 5.97 Å². The molecule has 0 heterocycles. The number of benzene rings is 1. The van der Waals surface area contributed by atoms with Crippen molar-refractivity contribution >= 4 is 5.97 Å². The van der Waals surface area contributed by atoms with E-state index >= 15 is 0 Å². The van der Waals surface area contributed by atoms with Crippen LogP contribution in [-0.4, -0.2) is 11.1 Å². The molecule has 1 fully saturated rings. The molecule has 1 N–H and O–H groups in total. The minimum absolute atomic E-state index is 0.0997. The van der Waals surface area contributed by atoms with Gasteiger partial charge >= 0.3 is 5.97 Å². The average Bonchev–Trinajstić information content (AvgIpc) is 2.96. The van der Waals surface area contributed by atoms with Crippen LogP contribution in [0.4, 0.5) is 0 Å². The maximum absolute atomic E-state index is 10.7. The molecule has 2 rings (SSSR count). The molecule has 1 aliphatic carbocycles. The average molecular weight is 232 g/mol. The lowest BCUT2D eigenvalue weighted by atomic mass is 9.86. The van der Waals surface area contributed by atoms with Crippen LogP contribution in [0.25, 0.3) is 0 Å². The summed E-state index contributed by atoms with van der Waals surface area (Å²) in [6.45, 7) is 6.59. The van der Waals surface area contributed by atoms with E-state index in [1.54, 1.807) is 0 Å². The van der Waals surface area contributed by atoms with Gasteiger partial charge in [0.25, 0.3) is 0 Å². The molecule has 1 aliphatic rings. The Morgan fingerprint density at radius 1 is 1.29 bits per heavy atom. The summed E-state index contributed by atoms with van der Waals surface area (Å²) in [6, 6.07) is 8.59. The van der Waals surface area contributed by atoms with Crippen LogP contribution >= 0.6 is 0 Å². The lowest BCUT2D eigenvalue weighted by molar-refractivity contribution is -0.138. The van der Waals surface area contributed by atoms with Gasteiger partial charge in [-0.3, -0.25) is 4.79 Å². The first-order valence-corrected chi connectivity index (χ1v) is 6.20. The second-order valence-electron chi connectivity index (χ2n) is 6.09. The number of carboxylic acids is 1. The van der Waals surface area contributed by atoms with Gasteiger partial charge in [-0.1, -0.05) is 45.0 Å². The molecule has 1 saturated carbocycles. The highest BCUT2D eigenvalue weighted by Gasteiger charge is 2.42. The van der Waals surface area contributed by atoms with Gasteiger partial charge in [-0.05, 0) is 35.3 Å². The highest BCUT2D eigenvalue weighted by Crippen LogP contribution is 2.41. The molecule has 1 aromatic rings. The van der Waals surface area contributed by atoms with E-state index in [-0.39, 0.29) is 11.3 Å². The molecule has 92 valence electrons. The van der Waals surface area contributed by atoms with Gasteiger partial charge in [-0.15, -0.1) is 0 Å². The number of carbonyl (C=O) groups is 1. The topological polar surface area (TPSA) is 37.3 Å². The van der Waals surface area contributed by atoms with Crippen LogP contribution < -0.4 is 0 Å². The van der Waals surface area contributed by atoms with E-state index in [9.17, 15) is 4.79 Å². The quantitative estimate of drug-likeness (QED) is 0.868. The normalized spacial score (nSPS) is 23.5. The molecule has 0 amide bonds. The van der Waals surface area contributed by atoms with Crippen molar-refractivity contribution in [2.45, 2.75) is 39.0 Å². The number of hydrogen-bond donors (Lipinski definition) is 1. The van der Waals surface area contributed by atoms with E-state index in [2.05, 4.69) is 45.0 Å². The highest BCUT2D eigenvalue weighted by atomic mass is 16.4. The summed E-state index contributed by atoms with van der Waals surface area (Å²) >= 11 is 0. The molecule has 0 radical (unpaired) electrons. The minimum atomic E-state index is -0.638. The lowest BCUT2D eigenvalue weighted by Crippen LogP contribution is -2.10. The van der Waals surface area contributed by atoms with E-state index in [1.807, 2.05) is 0 Å². The van der Waals surface area contributed by atoms with Crippen LogP contribution in [0.15, 0.2) is 24.3 Å². The third-order valence-electron chi connectivity index (χ3n) is 3.56. The van der Waals surface area contributed by atoms with Crippen molar-refractivity contribution in [2.24, 2.45) is 11.8 Å². The maximum atomic E-state index is 10.7. The Kier molecular flexibility index (Phi) is 2.98. The predicted octanol–water partition coefficient (Wildman–Crippen LogP) is 3.25. The van der Waals surface area contributed by atoms with Crippen LogP contribution in [0.5, 0.6) is 0 Å². The maximum Gasteiger partial charge on any atom is 0.306 e. The Labute approximate surface area is 103 Å². The standard InChI is InChI=1S/C15H20O2/c1-15(2,3)12-6-4-10(5-7-12)8-11-9-13(11)14(16)17/h4-7,11,13H,8-9H2,1-3H3,(H,16,17)/t11-,13-/m0/s1. The van der Waals surface area contributed by atoms with Gasteiger partial charge in [-0.2, -0.15) is 0 Å². The fraction of sp³-hybridized carbons (Fsp3) is 0.533. The Hall–Kier alpha value is -1.31. The molecule has 0 saturated heterocycles. The molecule has 0 unspecified atom stereocenters. The Balaban J connectivity index is 1.98. The lowest BCUT2D eigenvalue weighted by Gasteiger charge is -2.19. The van der Waals surface area contributed by atoms with Gasteiger partial charge in [-0.25, -0.2) is 0 Å². The van der Waals surface area contributed by atoms with Gasteiger partial charge < -0.3 is 5.11 Å². The fourth-order valence-corrected chi connectivity index (χ4v) is 2.22. The number of aliphatic carboxylic acids is 1. The second-order valence-corrected chi connectivity index (χ2v) is 6.09. The van der Waals surface area contributed by atoms with E-state index in [1.165, 1.54) is 11.1 Å². The van der Waals surface area contributed by atoms with Crippen LogP contribution in [0, 0.1) is 11.8 Å². The summed E-state index contributed by atoms with van der Waals surface area (Å²) < 4.78 is 0. The largest absolute Gasteiger partial charge is 0.481 e. The summed E-state index contributed by atoms with van der Waals surface area (Å²) in [5, 5.41) is 8.85. The van der Waals surface area contributed by atoms with Crippen molar-refractivity contribution < 1.29 is 9.90 Å². The summed E-state index contributed by atoms with van der Waals surface area (Å²) in [4.78, 5) is 10.7. The zero-order valence-corrected chi connectivity index (χ0v) is 10.7. The first-order chi connectivity index (χ1) is 7.88. The molecule has 0 bridgehead atoms. The molecule has 2 heteroatoms. The van der Waals surface area contributed by atoms with E-state index in [0.717, 1.165) is 12.8 Å². The van der Waals surface area contributed by atoms with Crippen LogP contribution in [-0.2, 0) is 16.6 Å². The Morgan fingerprint density at radius 2 is 1.88 bits per heavy atom. The van der Waals surface area contributed by atoms with Crippen molar-refractivity contribution in [3.8, 4) is 0 Å². The number of carboxylic acid groups (broad SMARTS) is 1. The SMILES string of the molecule is CC(C)(C)c1ccc(C[C@H]2C[C@@H]2C(=O)O)cc1. The Morgan fingerprint density at radius 3 is 2.29 bits per heavy atom. The fourth-order valence-electron chi connectivity index (χ4n) is 2.22. The first kappa shape index (κ1) is 12.2. The molecule has 0 aliphatic heterocycles. The van der Waals surface area contributed by atoms with Crippen molar-refractivity contribution in [2.75, 3.05) is 0 Å². The van der Waals surface area contributed by atoms with Crippen molar-refractivity contribution in [3.63, 3.8) is 0 Å². The molecule has 0 aromatic heterocycles. The van der Waals surface area contributed by atoms with Gasteiger partial charge in [0.2, 0.25) is 0 Å². The van der Waals surface area contributed by atoms with Gasteiger partial charge in [0.15, 0.2) is 0 Å². The van der Waals surface area contributed by atoms with Crippen LogP contribution in [0.1, 0.15) is 38.3 Å². The molecular weight excluding hydrogens is 212 g/mol. The summed E-state index contributed by atoms with van der Waals surface area (Å²) in [5.74, 6) is -0.383. The zero-order chi connectivity index (χ0) is 12.6. The molecular formula is C15H20O2. The van der Waals surface area contributed by atoms with Crippen molar-refractivity contribution in [1.29, 1.82) is 0 Å². The zero-order valence-electron chi connectivity index (χ0n) is 10.7. The summed E-state index contributed by atoms with van der Waals surface area (Å²) in [7, 11) is 0. The van der Waals surface area contributed by atoms with E-state index in [0.29, 0.717) is 5.92 Å². The van der Waals surface area contributed by atoms with Crippen molar-refractivity contribution in [1.82, 2.24) is 0 Å². The monoisotopic (exact) mass is 232 g/mol. The van der Waals surface area contributed by atoms with Crippen LogP contribution in [0.3, 0.4) is 0 Å². The molecule has 1 aromatic carbocycles. The molecule has 0 spiro atoms. The Bertz CT molecular complexity index is 412. The van der Waals surface area contributed by atoms with Gasteiger partial charge in [0, 0.05) is 0 Å². The first-order valence-electron chi connectivity index (χ1n) is 6.20. The predicted molar refractivity (Wildman–Crippen MR) is 68.1 cm³/mol. The smallest absolute Gasteiger partial charge is 0.306 e. The second kappa shape index (κ2) is 4.17. The minimum Gasteiger partial charge on any atom is -0.481 e. The molecule has 2 atom stereocenters. The molecule has 17 heavy (non-hydrogen) atoms. The summed E-state index contributed by atoms with van der Waals surface area (Å²) in [5.41, 5.74) is 2.76. The highest BCUT2D eigenvalue weighted by molar-refractivity contribution is 5.73. The van der Waals surface area contributed by atoms with Crippen LogP contribution in [0.2, 0.25) is 0 Å². The van der Waals surface area contributed by atoms with Gasteiger partial charge in [0.05, 0.1) is 5.92 Å². The number of hydrogen-bond acceptors (Lipinski definition) is 1. The third kappa shape index (κ3) is 2.87. The number of rotatable bonds is 3. The third-order valence-corrected chi connectivity index (χ3v) is 3.56.